The molecule has 0 aromatic heterocycles. The summed E-state index contributed by atoms with van der Waals surface area (Å²) >= 11 is 3.18. The highest BCUT2D eigenvalue weighted by molar-refractivity contribution is 9.10. The smallest absolute Gasteiger partial charge is 0.137 e. The number of benzene rings is 1. The molecule has 0 aliphatic carbocycles. The quantitative estimate of drug-likeness (QED) is 0.864. The van der Waals surface area contributed by atoms with E-state index in [1.165, 1.54) is 5.56 Å². The molecule has 0 unspecified atom stereocenters. The largest absolute Gasteiger partial charge is 0.319 e. The van der Waals surface area contributed by atoms with Gasteiger partial charge >= 0.3 is 0 Å². The Morgan fingerprint density at radius 1 is 1.46 bits per heavy atom. The zero-order valence-electron chi connectivity index (χ0n) is 7.82. The third-order valence-corrected chi connectivity index (χ3v) is 2.63. The zero-order valence-corrected chi connectivity index (χ0v) is 9.41. The molecule has 0 atom stereocenters. The van der Waals surface area contributed by atoms with Gasteiger partial charge in [-0.15, -0.1) is 0 Å². The van der Waals surface area contributed by atoms with E-state index in [9.17, 15) is 4.39 Å². The number of hydrogen-bond acceptors (Lipinski definition) is 1. The number of aryl methyl sites for hydroxylation is 1. The minimum atomic E-state index is -0.189. The Morgan fingerprint density at radius 2 is 2.15 bits per heavy atom. The first-order chi connectivity index (χ1) is 6.15. The van der Waals surface area contributed by atoms with Gasteiger partial charge in [0.2, 0.25) is 0 Å². The maximum atomic E-state index is 13.0. The van der Waals surface area contributed by atoms with Crippen LogP contribution in [0.5, 0.6) is 0 Å². The van der Waals surface area contributed by atoms with Crippen molar-refractivity contribution in [3.63, 3.8) is 0 Å². The summed E-state index contributed by atoms with van der Waals surface area (Å²) in [6.45, 7) is 2.85. The summed E-state index contributed by atoms with van der Waals surface area (Å²) in [5.74, 6) is -0.189. The molecule has 0 radical (unpaired) electrons. The fourth-order valence-electron chi connectivity index (χ4n) is 1.22. The minimum absolute atomic E-state index is 0.189. The maximum Gasteiger partial charge on any atom is 0.137 e. The summed E-state index contributed by atoms with van der Waals surface area (Å²) in [7, 11) is 1.91. The monoisotopic (exact) mass is 245 g/mol. The molecule has 3 heteroatoms. The van der Waals surface area contributed by atoms with Crippen LogP contribution >= 0.6 is 15.9 Å². The lowest BCUT2D eigenvalue weighted by atomic mass is 10.1. The summed E-state index contributed by atoms with van der Waals surface area (Å²) in [4.78, 5) is 0. The lowest BCUT2D eigenvalue weighted by Crippen LogP contribution is -2.11. The van der Waals surface area contributed by atoms with Crippen LogP contribution in [-0.4, -0.2) is 13.6 Å². The number of likely N-dealkylation sites (N-methyl/N-ethyl adjacent to an activating group) is 1. The highest BCUT2D eigenvalue weighted by Gasteiger charge is 2.04. The normalized spacial score (nSPS) is 10.5. The Balaban J connectivity index is 2.88. The van der Waals surface area contributed by atoms with Gasteiger partial charge < -0.3 is 5.32 Å². The molecule has 0 spiro atoms. The summed E-state index contributed by atoms with van der Waals surface area (Å²) in [6.07, 6.45) is 0.932. The lowest BCUT2D eigenvalue weighted by Gasteiger charge is -2.06. The molecule has 1 N–H and O–H groups in total. The molecular weight excluding hydrogens is 233 g/mol. The lowest BCUT2D eigenvalue weighted by molar-refractivity contribution is 0.618. The molecule has 13 heavy (non-hydrogen) atoms. The van der Waals surface area contributed by atoms with Crippen LogP contribution < -0.4 is 5.32 Å². The van der Waals surface area contributed by atoms with Gasteiger partial charge in [-0.2, -0.15) is 0 Å². The topological polar surface area (TPSA) is 12.0 Å². The van der Waals surface area contributed by atoms with E-state index in [-0.39, 0.29) is 5.82 Å². The van der Waals surface area contributed by atoms with Crippen molar-refractivity contribution in [2.24, 2.45) is 0 Å². The first kappa shape index (κ1) is 10.7. The third kappa shape index (κ3) is 2.78. The third-order valence-electron chi connectivity index (χ3n) is 2.02. The summed E-state index contributed by atoms with van der Waals surface area (Å²) < 4.78 is 13.6. The van der Waals surface area contributed by atoms with E-state index in [0.717, 1.165) is 18.5 Å². The van der Waals surface area contributed by atoms with Crippen molar-refractivity contribution in [2.75, 3.05) is 13.6 Å². The van der Waals surface area contributed by atoms with Gasteiger partial charge in [-0.25, -0.2) is 4.39 Å². The molecule has 1 nitrogen and oxygen atoms in total. The molecule has 0 fully saturated rings. The highest BCUT2D eigenvalue weighted by atomic mass is 79.9. The van der Waals surface area contributed by atoms with Gasteiger partial charge in [0.25, 0.3) is 0 Å². The zero-order chi connectivity index (χ0) is 9.84. The van der Waals surface area contributed by atoms with Gasteiger partial charge in [-0.3, -0.25) is 0 Å². The Labute approximate surface area is 86.5 Å². The van der Waals surface area contributed by atoms with Crippen LogP contribution in [-0.2, 0) is 6.42 Å². The van der Waals surface area contributed by atoms with Crippen LogP contribution in [0.4, 0.5) is 4.39 Å². The van der Waals surface area contributed by atoms with Gasteiger partial charge in [0.05, 0.1) is 4.47 Å². The molecule has 0 amide bonds. The Morgan fingerprint density at radius 3 is 2.77 bits per heavy atom. The van der Waals surface area contributed by atoms with Gasteiger partial charge in [-0.1, -0.05) is 0 Å². The van der Waals surface area contributed by atoms with Crippen LogP contribution in [0.3, 0.4) is 0 Å². The van der Waals surface area contributed by atoms with Crippen LogP contribution in [0.1, 0.15) is 11.1 Å². The van der Waals surface area contributed by atoms with Crippen LogP contribution in [0.2, 0.25) is 0 Å². The van der Waals surface area contributed by atoms with E-state index in [2.05, 4.69) is 21.2 Å². The van der Waals surface area contributed by atoms with Gasteiger partial charge in [0.1, 0.15) is 5.82 Å². The SMILES string of the molecule is CNCCc1cc(Br)c(F)cc1C. The first-order valence-electron chi connectivity index (χ1n) is 4.24. The van der Waals surface area contributed by atoms with Crippen LogP contribution in [0.15, 0.2) is 16.6 Å². The van der Waals surface area contributed by atoms with E-state index in [1.54, 1.807) is 6.07 Å². The average Bonchev–Trinajstić information content (AvgIpc) is 2.09. The second kappa shape index (κ2) is 4.72. The number of halogens is 2. The number of nitrogens with one attached hydrogen (secondary N) is 1. The molecular formula is C10H13BrFN. The Kier molecular flexibility index (Phi) is 3.88. The van der Waals surface area contributed by atoms with Crippen molar-refractivity contribution in [1.29, 1.82) is 0 Å². The summed E-state index contributed by atoms with van der Waals surface area (Å²) in [5.41, 5.74) is 2.19. The van der Waals surface area contributed by atoms with Crippen LogP contribution in [0.25, 0.3) is 0 Å². The van der Waals surface area contributed by atoms with Crippen molar-refractivity contribution in [3.8, 4) is 0 Å². The van der Waals surface area contributed by atoms with Crippen molar-refractivity contribution in [2.45, 2.75) is 13.3 Å². The summed E-state index contributed by atoms with van der Waals surface area (Å²) in [6, 6.07) is 3.41. The number of hydrogen-bond donors (Lipinski definition) is 1. The van der Waals surface area contributed by atoms with Gasteiger partial charge in [-0.05, 0) is 66.1 Å². The molecule has 0 saturated carbocycles. The fraction of sp³-hybridized carbons (Fsp3) is 0.400. The molecule has 0 saturated heterocycles. The van der Waals surface area contributed by atoms with E-state index >= 15 is 0 Å². The highest BCUT2D eigenvalue weighted by Crippen LogP contribution is 2.20. The van der Waals surface area contributed by atoms with E-state index in [1.807, 2.05) is 20.0 Å². The second-order valence-electron chi connectivity index (χ2n) is 3.05. The fourth-order valence-corrected chi connectivity index (χ4v) is 1.61. The van der Waals surface area contributed by atoms with Gasteiger partial charge in [0.15, 0.2) is 0 Å². The van der Waals surface area contributed by atoms with Crippen molar-refractivity contribution in [1.82, 2.24) is 5.32 Å². The Bertz CT molecular complexity index is 299. The first-order valence-corrected chi connectivity index (χ1v) is 5.03. The average molecular weight is 246 g/mol. The van der Waals surface area contributed by atoms with E-state index in [0.29, 0.717) is 4.47 Å². The molecule has 0 aliphatic rings. The molecule has 0 bridgehead atoms. The minimum Gasteiger partial charge on any atom is -0.319 e. The maximum absolute atomic E-state index is 13.0. The molecule has 1 aromatic rings. The van der Waals surface area contributed by atoms with Crippen LogP contribution in [0, 0.1) is 12.7 Å². The predicted octanol–water partition coefficient (Wildman–Crippen LogP) is 2.66. The number of rotatable bonds is 3. The van der Waals surface area contributed by atoms with Crippen molar-refractivity contribution in [3.05, 3.63) is 33.5 Å². The second-order valence-corrected chi connectivity index (χ2v) is 3.90. The Hall–Kier alpha value is -0.410. The van der Waals surface area contributed by atoms with E-state index < -0.39 is 0 Å². The molecule has 1 rings (SSSR count). The predicted molar refractivity (Wildman–Crippen MR) is 56.5 cm³/mol. The molecule has 0 aliphatic heterocycles. The van der Waals surface area contributed by atoms with Crippen molar-refractivity contribution < 1.29 is 4.39 Å². The summed E-state index contributed by atoms with van der Waals surface area (Å²) in [5, 5.41) is 3.07. The van der Waals surface area contributed by atoms with E-state index in [4.69, 9.17) is 0 Å². The molecule has 72 valence electrons. The standard InChI is InChI=1S/C10H13BrFN/c1-7-5-10(12)9(11)6-8(7)3-4-13-2/h5-6,13H,3-4H2,1-2H3. The van der Waals surface area contributed by atoms with Crippen molar-refractivity contribution >= 4 is 15.9 Å². The molecule has 1 aromatic carbocycles. The molecule has 0 heterocycles. The van der Waals surface area contributed by atoms with Gasteiger partial charge in [0, 0.05) is 0 Å².